The number of nitrogens with one attached hydrogen (secondary N) is 2. The number of hydrogen-bond acceptors (Lipinski definition) is 3. The van der Waals surface area contributed by atoms with Crippen molar-refractivity contribution >= 4 is 23.2 Å². The predicted molar refractivity (Wildman–Crippen MR) is 97.1 cm³/mol. The molecular weight excluding hydrogens is 302 g/mol. The highest BCUT2D eigenvalue weighted by Gasteiger charge is 2.16. The smallest absolute Gasteiger partial charge is 0.256 e. The molecular formula is C19H23N3O2. The van der Waals surface area contributed by atoms with E-state index in [2.05, 4.69) is 10.6 Å². The summed E-state index contributed by atoms with van der Waals surface area (Å²) in [7, 11) is 0. The van der Waals surface area contributed by atoms with E-state index in [-0.39, 0.29) is 11.8 Å². The lowest BCUT2D eigenvalue weighted by molar-refractivity contribution is -0.117. The average Bonchev–Trinajstić information content (AvgIpc) is 2.57. The zero-order chi connectivity index (χ0) is 17.5. The van der Waals surface area contributed by atoms with Crippen LogP contribution < -0.4 is 16.4 Å². The fraction of sp³-hybridized carbons (Fsp3) is 0.263. The van der Waals surface area contributed by atoms with E-state index in [0.29, 0.717) is 23.2 Å². The molecule has 0 saturated heterocycles. The highest BCUT2D eigenvalue weighted by atomic mass is 16.2. The minimum atomic E-state index is -0.545. The predicted octanol–water partition coefficient (Wildman–Crippen LogP) is 3.31. The fourth-order valence-corrected chi connectivity index (χ4v) is 2.40. The van der Waals surface area contributed by atoms with Crippen LogP contribution in [0.5, 0.6) is 0 Å². The van der Waals surface area contributed by atoms with Crippen LogP contribution in [0.3, 0.4) is 0 Å². The number of amides is 2. The van der Waals surface area contributed by atoms with Crippen LogP contribution in [0.2, 0.25) is 0 Å². The van der Waals surface area contributed by atoms with E-state index in [1.165, 1.54) is 0 Å². The largest absolute Gasteiger partial charge is 0.324 e. The molecule has 0 bridgehead atoms. The minimum absolute atomic E-state index is 0.215. The molecule has 0 spiro atoms. The third-order valence-corrected chi connectivity index (χ3v) is 3.80. The van der Waals surface area contributed by atoms with E-state index in [1.807, 2.05) is 37.3 Å². The number of benzene rings is 2. The van der Waals surface area contributed by atoms with E-state index in [0.717, 1.165) is 12.1 Å². The summed E-state index contributed by atoms with van der Waals surface area (Å²) in [4.78, 5) is 24.6. The van der Waals surface area contributed by atoms with Crippen LogP contribution in [0.15, 0.2) is 48.5 Å². The number of rotatable bonds is 6. The van der Waals surface area contributed by atoms with Gasteiger partial charge >= 0.3 is 0 Å². The summed E-state index contributed by atoms with van der Waals surface area (Å²) in [6.45, 7) is 3.79. The Morgan fingerprint density at radius 2 is 1.75 bits per heavy atom. The van der Waals surface area contributed by atoms with Crippen molar-refractivity contribution in [2.24, 2.45) is 5.73 Å². The molecule has 0 saturated carbocycles. The van der Waals surface area contributed by atoms with Gasteiger partial charge in [-0.25, -0.2) is 0 Å². The first kappa shape index (κ1) is 17.7. The van der Waals surface area contributed by atoms with Crippen molar-refractivity contribution in [3.8, 4) is 0 Å². The molecule has 0 heterocycles. The van der Waals surface area contributed by atoms with Crippen molar-refractivity contribution in [3.63, 3.8) is 0 Å². The van der Waals surface area contributed by atoms with Gasteiger partial charge in [0.2, 0.25) is 5.91 Å². The molecule has 24 heavy (non-hydrogen) atoms. The normalized spacial score (nSPS) is 11.6. The Bertz CT molecular complexity index is 714. The summed E-state index contributed by atoms with van der Waals surface area (Å²) in [6.07, 6.45) is 1.46. The maximum absolute atomic E-state index is 12.5. The van der Waals surface area contributed by atoms with Crippen molar-refractivity contribution < 1.29 is 9.59 Å². The second-order valence-corrected chi connectivity index (χ2v) is 5.68. The molecule has 126 valence electrons. The zero-order valence-corrected chi connectivity index (χ0v) is 14.0. The van der Waals surface area contributed by atoms with Gasteiger partial charge in [0, 0.05) is 16.9 Å². The van der Waals surface area contributed by atoms with Gasteiger partial charge < -0.3 is 16.4 Å². The van der Waals surface area contributed by atoms with Crippen LogP contribution in [0.25, 0.3) is 0 Å². The van der Waals surface area contributed by atoms with Gasteiger partial charge in [-0.15, -0.1) is 0 Å². The Hall–Kier alpha value is -2.66. The number of carbonyl (C=O) groups is 2. The molecule has 2 amide bonds. The SMILES string of the molecule is CCCC(N)C(=O)Nc1cccc(C(=O)Nc2ccccc2)c1C. The first-order valence-electron chi connectivity index (χ1n) is 8.05. The Morgan fingerprint density at radius 1 is 1.04 bits per heavy atom. The lowest BCUT2D eigenvalue weighted by atomic mass is 10.0. The fourth-order valence-electron chi connectivity index (χ4n) is 2.40. The molecule has 0 aliphatic carbocycles. The second kappa shape index (κ2) is 8.26. The topological polar surface area (TPSA) is 84.2 Å². The van der Waals surface area contributed by atoms with Crippen LogP contribution in [-0.4, -0.2) is 17.9 Å². The van der Waals surface area contributed by atoms with E-state index in [4.69, 9.17) is 5.73 Å². The molecule has 0 aromatic heterocycles. The van der Waals surface area contributed by atoms with Crippen molar-refractivity contribution in [2.75, 3.05) is 10.6 Å². The number of carbonyl (C=O) groups excluding carboxylic acids is 2. The maximum Gasteiger partial charge on any atom is 0.256 e. The third-order valence-electron chi connectivity index (χ3n) is 3.80. The van der Waals surface area contributed by atoms with Gasteiger partial charge in [-0.05, 0) is 43.2 Å². The lowest BCUT2D eigenvalue weighted by Gasteiger charge is -2.15. The molecule has 5 nitrogen and oxygen atoms in total. The standard InChI is InChI=1S/C19H23N3O2/c1-3-8-16(20)19(24)22-17-12-7-11-15(13(17)2)18(23)21-14-9-5-4-6-10-14/h4-7,9-12,16H,3,8,20H2,1-2H3,(H,21,23)(H,22,24). The molecule has 0 aliphatic heterocycles. The minimum Gasteiger partial charge on any atom is -0.324 e. The summed E-state index contributed by atoms with van der Waals surface area (Å²) in [5.41, 5.74) is 8.39. The van der Waals surface area contributed by atoms with Crippen molar-refractivity contribution in [3.05, 3.63) is 59.7 Å². The summed E-state index contributed by atoms with van der Waals surface area (Å²) >= 11 is 0. The summed E-state index contributed by atoms with van der Waals surface area (Å²) in [6, 6.07) is 13.9. The lowest BCUT2D eigenvalue weighted by Crippen LogP contribution is -2.35. The third kappa shape index (κ3) is 4.43. The van der Waals surface area contributed by atoms with E-state index in [9.17, 15) is 9.59 Å². The zero-order valence-electron chi connectivity index (χ0n) is 14.0. The molecule has 2 aromatic carbocycles. The average molecular weight is 325 g/mol. The van der Waals surface area contributed by atoms with Gasteiger partial charge in [0.1, 0.15) is 0 Å². The molecule has 0 fully saturated rings. The molecule has 1 atom stereocenters. The van der Waals surface area contributed by atoms with Crippen LogP contribution in [0.4, 0.5) is 11.4 Å². The van der Waals surface area contributed by atoms with Gasteiger partial charge in [-0.2, -0.15) is 0 Å². The number of hydrogen-bond donors (Lipinski definition) is 3. The monoisotopic (exact) mass is 325 g/mol. The quantitative estimate of drug-likeness (QED) is 0.762. The first-order chi connectivity index (χ1) is 11.5. The number of para-hydroxylation sites is 1. The molecule has 2 aromatic rings. The highest BCUT2D eigenvalue weighted by Crippen LogP contribution is 2.20. The number of anilines is 2. The van der Waals surface area contributed by atoms with Crippen LogP contribution >= 0.6 is 0 Å². The summed E-state index contributed by atoms with van der Waals surface area (Å²) in [5, 5.41) is 5.66. The van der Waals surface area contributed by atoms with Crippen molar-refractivity contribution in [1.82, 2.24) is 0 Å². The van der Waals surface area contributed by atoms with Crippen LogP contribution in [-0.2, 0) is 4.79 Å². The highest BCUT2D eigenvalue weighted by molar-refractivity contribution is 6.07. The van der Waals surface area contributed by atoms with Gasteiger partial charge in [-0.1, -0.05) is 37.6 Å². The number of nitrogens with two attached hydrogens (primary N) is 1. The summed E-state index contributed by atoms with van der Waals surface area (Å²) in [5.74, 6) is -0.451. The molecule has 1 unspecified atom stereocenters. The molecule has 2 rings (SSSR count). The van der Waals surface area contributed by atoms with Gasteiger partial charge in [0.25, 0.3) is 5.91 Å². The molecule has 4 N–H and O–H groups in total. The van der Waals surface area contributed by atoms with E-state index in [1.54, 1.807) is 25.1 Å². The van der Waals surface area contributed by atoms with Crippen molar-refractivity contribution in [1.29, 1.82) is 0 Å². The molecule has 0 radical (unpaired) electrons. The Morgan fingerprint density at radius 3 is 2.42 bits per heavy atom. The molecule has 5 heteroatoms. The maximum atomic E-state index is 12.5. The van der Waals surface area contributed by atoms with Gasteiger partial charge in [-0.3, -0.25) is 9.59 Å². The van der Waals surface area contributed by atoms with Gasteiger partial charge in [0.15, 0.2) is 0 Å². The van der Waals surface area contributed by atoms with E-state index < -0.39 is 6.04 Å². The second-order valence-electron chi connectivity index (χ2n) is 5.68. The Kier molecular flexibility index (Phi) is 6.09. The first-order valence-corrected chi connectivity index (χ1v) is 8.05. The van der Waals surface area contributed by atoms with E-state index >= 15 is 0 Å². The van der Waals surface area contributed by atoms with Gasteiger partial charge in [0.05, 0.1) is 6.04 Å². The van der Waals surface area contributed by atoms with Crippen LogP contribution in [0, 0.1) is 6.92 Å². The van der Waals surface area contributed by atoms with Crippen LogP contribution in [0.1, 0.15) is 35.7 Å². The summed E-state index contributed by atoms with van der Waals surface area (Å²) < 4.78 is 0. The van der Waals surface area contributed by atoms with Crippen molar-refractivity contribution in [2.45, 2.75) is 32.7 Å². The Labute approximate surface area is 142 Å². The Balaban J connectivity index is 2.15. The molecule has 0 aliphatic rings.